The van der Waals surface area contributed by atoms with Gasteiger partial charge in [-0.2, -0.15) is 0 Å². The third kappa shape index (κ3) is 5.35. The van der Waals surface area contributed by atoms with Gasteiger partial charge in [-0.1, -0.05) is 41.7 Å². The molecular formula is C26H26FN3O3S. The number of morpholine rings is 1. The molecule has 0 bridgehead atoms. The first-order valence-corrected chi connectivity index (χ1v) is 12.3. The van der Waals surface area contributed by atoms with E-state index in [1.54, 1.807) is 11.0 Å². The molecule has 1 amide bonds. The van der Waals surface area contributed by atoms with Crippen molar-refractivity contribution >= 4 is 43.4 Å². The van der Waals surface area contributed by atoms with Gasteiger partial charge in [-0.25, -0.2) is 9.37 Å². The minimum absolute atomic E-state index is 0.0970. The molecule has 176 valence electrons. The number of hydrogen-bond acceptors (Lipinski definition) is 6. The Hall–Kier alpha value is -3.07. The van der Waals surface area contributed by atoms with Gasteiger partial charge in [0.1, 0.15) is 11.6 Å². The number of carbonyl (C=O) groups excluding carboxylic acids is 1. The summed E-state index contributed by atoms with van der Waals surface area (Å²) in [6.07, 6.45) is 0.798. The molecule has 1 aliphatic rings. The largest absolute Gasteiger partial charge is 0.484 e. The summed E-state index contributed by atoms with van der Waals surface area (Å²) >= 11 is 1.32. The SMILES string of the molecule is O=C(COc1ccc2ccccc2c1)N(CCCN1CCOCC1)c1nc2ccc(F)cc2s1. The van der Waals surface area contributed by atoms with Gasteiger partial charge in [-0.3, -0.25) is 14.6 Å². The summed E-state index contributed by atoms with van der Waals surface area (Å²) in [4.78, 5) is 21.9. The van der Waals surface area contributed by atoms with Crippen LogP contribution in [-0.4, -0.2) is 61.8 Å². The maximum absolute atomic E-state index is 13.7. The summed E-state index contributed by atoms with van der Waals surface area (Å²) in [6, 6.07) is 18.3. The Morgan fingerprint density at radius 1 is 1.09 bits per heavy atom. The first kappa shape index (κ1) is 22.7. The summed E-state index contributed by atoms with van der Waals surface area (Å²) in [7, 11) is 0. The highest BCUT2D eigenvalue weighted by molar-refractivity contribution is 7.22. The first-order valence-electron chi connectivity index (χ1n) is 11.4. The molecule has 0 radical (unpaired) electrons. The second-order valence-corrected chi connectivity index (χ2v) is 9.27. The lowest BCUT2D eigenvalue weighted by molar-refractivity contribution is -0.120. The van der Waals surface area contributed by atoms with Crippen molar-refractivity contribution in [2.75, 3.05) is 50.9 Å². The van der Waals surface area contributed by atoms with Crippen molar-refractivity contribution in [1.82, 2.24) is 9.88 Å². The Morgan fingerprint density at radius 2 is 1.91 bits per heavy atom. The fourth-order valence-electron chi connectivity index (χ4n) is 4.09. The monoisotopic (exact) mass is 479 g/mol. The summed E-state index contributed by atoms with van der Waals surface area (Å²) in [5.41, 5.74) is 0.683. The standard InChI is InChI=1S/C26H26FN3O3S/c27-21-7-9-23-24(17-21)34-26(28-23)30(11-3-10-29-12-14-32-15-13-29)25(31)18-33-22-8-6-19-4-1-2-5-20(19)16-22/h1-2,4-9,16-17H,3,10-15,18H2. The second kappa shape index (κ2) is 10.5. The molecule has 0 atom stereocenters. The van der Waals surface area contributed by atoms with Gasteiger partial charge >= 0.3 is 0 Å². The molecule has 0 unspecified atom stereocenters. The molecule has 1 saturated heterocycles. The van der Waals surface area contributed by atoms with Gasteiger partial charge in [0.2, 0.25) is 0 Å². The fraction of sp³-hybridized carbons (Fsp3) is 0.308. The van der Waals surface area contributed by atoms with E-state index in [1.807, 2.05) is 42.5 Å². The Labute approximate surface area is 201 Å². The van der Waals surface area contributed by atoms with Gasteiger partial charge < -0.3 is 9.47 Å². The van der Waals surface area contributed by atoms with E-state index in [2.05, 4.69) is 9.88 Å². The van der Waals surface area contributed by atoms with Crippen molar-refractivity contribution in [2.24, 2.45) is 0 Å². The molecule has 2 heterocycles. The number of aromatic nitrogens is 1. The summed E-state index contributed by atoms with van der Waals surface area (Å²) in [5.74, 6) is 0.161. The molecule has 6 nitrogen and oxygen atoms in total. The number of ether oxygens (including phenoxy) is 2. The number of hydrogen-bond donors (Lipinski definition) is 0. The summed E-state index contributed by atoms with van der Waals surface area (Å²) in [5, 5.41) is 2.74. The Morgan fingerprint density at radius 3 is 2.76 bits per heavy atom. The predicted octanol–water partition coefficient (Wildman–Crippen LogP) is 4.72. The lowest BCUT2D eigenvalue weighted by Crippen LogP contribution is -2.40. The van der Waals surface area contributed by atoms with Crippen LogP contribution in [0.25, 0.3) is 21.0 Å². The van der Waals surface area contributed by atoms with Gasteiger partial charge in [0.25, 0.3) is 5.91 Å². The Balaban J connectivity index is 1.30. The molecule has 0 aliphatic carbocycles. The highest BCUT2D eigenvalue weighted by Gasteiger charge is 2.21. The molecule has 5 rings (SSSR count). The Bertz CT molecular complexity index is 1290. The van der Waals surface area contributed by atoms with Crippen LogP contribution in [0.3, 0.4) is 0 Å². The van der Waals surface area contributed by atoms with Crippen molar-refractivity contribution in [3.05, 3.63) is 66.5 Å². The van der Waals surface area contributed by atoms with Gasteiger partial charge in [0, 0.05) is 26.2 Å². The molecule has 0 N–H and O–H groups in total. The zero-order chi connectivity index (χ0) is 23.3. The van der Waals surface area contributed by atoms with Crippen molar-refractivity contribution in [1.29, 1.82) is 0 Å². The van der Waals surface area contributed by atoms with Crippen molar-refractivity contribution in [2.45, 2.75) is 6.42 Å². The van der Waals surface area contributed by atoms with Gasteiger partial charge in [-0.05, 0) is 47.5 Å². The number of fused-ring (bicyclic) bond motifs is 2. The van der Waals surface area contributed by atoms with Crippen LogP contribution in [0.5, 0.6) is 5.75 Å². The third-order valence-electron chi connectivity index (χ3n) is 5.91. The molecule has 3 aromatic carbocycles. The lowest BCUT2D eigenvalue weighted by atomic mass is 10.1. The third-order valence-corrected chi connectivity index (χ3v) is 6.96. The van der Waals surface area contributed by atoms with Crippen LogP contribution in [0.15, 0.2) is 60.7 Å². The van der Waals surface area contributed by atoms with Crippen molar-refractivity contribution in [3.63, 3.8) is 0 Å². The zero-order valence-corrected chi connectivity index (χ0v) is 19.6. The van der Waals surface area contributed by atoms with Crippen LogP contribution < -0.4 is 9.64 Å². The van der Waals surface area contributed by atoms with Gasteiger partial charge in [0.05, 0.1) is 23.4 Å². The van der Waals surface area contributed by atoms with E-state index in [1.165, 1.54) is 23.5 Å². The minimum atomic E-state index is -0.312. The average Bonchev–Trinajstić information content (AvgIpc) is 3.28. The second-order valence-electron chi connectivity index (χ2n) is 8.26. The predicted molar refractivity (Wildman–Crippen MR) is 133 cm³/mol. The zero-order valence-electron chi connectivity index (χ0n) is 18.8. The quantitative estimate of drug-likeness (QED) is 0.366. The smallest absolute Gasteiger partial charge is 0.266 e. The summed E-state index contributed by atoms with van der Waals surface area (Å²) < 4.78 is 25.7. The van der Waals surface area contributed by atoms with Crippen LogP contribution in [0.2, 0.25) is 0 Å². The molecule has 4 aromatic rings. The van der Waals surface area contributed by atoms with Crippen molar-refractivity contribution in [3.8, 4) is 5.75 Å². The maximum Gasteiger partial charge on any atom is 0.266 e. The van der Waals surface area contributed by atoms with Crippen LogP contribution in [0, 0.1) is 5.82 Å². The first-order chi connectivity index (χ1) is 16.7. The van der Waals surface area contributed by atoms with E-state index in [0.717, 1.165) is 54.7 Å². The van der Waals surface area contributed by atoms with E-state index < -0.39 is 0 Å². The average molecular weight is 480 g/mol. The van der Waals surface area contributed by atoms with E-state index >= 15 is 0 Å². The maximum atomic E-state index is 13.7. The molecule has 8 heteroatoms. The van der Waals surface area contributed by atoms with Crippen LogP contribution in [0.1, 0.15) is 6.42 Å². The summed E-state index contributed by atoms with van der Waals surface area (Å²) in [6.45, 7) is 4.58. The number of thiazole rings is 1. The highest BCUT2D eigenvalue weighted by Crippen LogP contribution is 2.30. The molecular weight excluding hydrogens is 453 g/mol. The molecule has 1 fully saturated rings. The number of amides is 1. The number of anilines is 1. The molecule has 0 saturated carbocycles. The number of carbonyl (C=O) groups is 1. The van der Waals surface area contributed by atoms with Gasteiger partial charge in [0.15, 0.2) is 11.7 Å². The number of rotatable bonds is 8. The van der Waals surface area contributed by atoms with Crippen LogP contribution >= 0.6 is 11.3 Å². The van der Waals surface area contributed by atoms with Crippen LogP contribution in [0.4, 0.5) is 9.52 Å². The topological polar surface area (TPSA) is 54.9 Å². The normalized spacial score (nSPS) is 14.5. The van der Waals surface area contributed by atoms with E-state index in [9.17, 15) is 9.18 Å². The van der Waals surface area contributed by atoms with E-state index in [0.29, 0.717) is 22.9 Å². The molecule has 0 spiro atoms. The van der Waals surface area contributed by atoms with Gasteiger partial charge in [-0.15, -0.1) is 0 Å². The lowest BCUT2D eigenvalue weighted by Gasteiger charge is -2.27. The number of nitrogens with zero attached hydrogens (tertiary/aromatic N) is 3. The van der Waals surface area contributed by atoms with E-state index in [4.69, 9.17) is 9.47 Å². The fourth-order valence-corrected chi connectivity index (χ4v) is 5.12. The minimum Gasteiger partial charge on any atom is -0.484 e. The van der Waals surface area contributed by atoms with Crippen LogP contribution in [-0.2, 0) is 9.53 Å². The number of halogens is 1. The molecule has 1 aromatic heterocycles. The number of benzene rings is 3. The molecule has 34 heavy (non-hydrogen) atoms. The van der Waals surface area contributed by atoms with Crippen molar-refractivity contribution < 1.29 is 18.7 Å². The highest BCUT2D eigenvalue weighted by atomic mass is 32.1. The van der Waals surface area contributed by atoms with E-state index in [-0.39, 0.29) is 18.3 Å². The Kier molecular flexibility index (Phi) is 6.99. The molecule has 1 aliphatic heterocycles.